The highest BCUT2D eigenvalue weighted by Gasteiger charge is 2.21. The van der Waals surface area contributed by atoms with E-state index in [4.69, 9.17) is 4.74 Å². The van der Waals surface area contributed by atoms with E-state index in [1.54, 1.807) is 10.6 Å². The maximum Gasteiger partial charge on any atom is 0.293 e. The smallest absolute Gasteiger partial charge is 0.293 e. The Bertz CT molecular complexity index is 587. The fraction of sp³-hybridized carbons (Fsp3) is 0.385. The van der Waals surface area contributed by atoms with Crippen LogP contribution in [-0.2, 0) is 11.5 Å². The van der Waals surface area contributed by atoms with Crippen LogP contribution in [0.25, 0.3) is 10.9 Å². The van der Waals surface area contributed by atoms with E-state index in [0.717, 1.165) is 12.0 Å². The lowest BCUT2D eigenvalue weighted by Crippen LogP contribution is -2.04. The van der Waals surface area contributed by atoms with Gasteiger partial charge in [0, 0.05) is 17.6 Å². The Morgan fingerprint density at radius 2 is 2.22 bits per heavy atom. The van der Waals surface area contributed by atoms with Crippen LogP contribution in [0.1, 0.15) is 12.8 Å². The van der Waals surface area contributed by atoms with Crippen LogP contribution < -0.4 is 0 Å². The Kier molecular flexibility index (Phi) is 2.76. The summed E-state index contributed by atoms with van der Waals surface area (Å²) in [5.41, 5.74) is 0.769. The van der Waals surface area contributed by atoms with Crippen LogP contribution >= 0.6 is 0 Å². The van der Waals surface area contributed by atoms with Gasteiger partial charge in [-0.25, -0.2) is 0 Å². The van der Waals surface area contributed by atoms with E-state index < -0.39 is 0 Å². The van der Waals surface area contributed by atoms with Gasteiger partial charge in [-0.15, -0.1) is 0 Å². The van der Waals surface area contributed by atoms with E-state index in [9.17, 15) is 10.1 Å². The molecule has 0 atom stereocenters. The standard InChI is InChI=1S/C13H14N2O3/c16-15(17)12-3-1-2-11-6-7-14(13(11)12)9-18-8-10-4-5-10/h1-3,6-7,10H,4-5,8-9H2. The number of nitro benzene ring substituents is 1. The molecule has 5 nitrogen and oxygen atoms in total. The molecule has 2 aromatic rings. The molecule has 0 unspecified atom stereocenters. The lowest BCUT2D eigenvalue weighted by Gasteiger charge is -2.06. The van der Waals surface area contributed by atoms with Crippen molar-refractivity contribution < 1.29 is 9.66 Å². The number of hydrogen-bond acceptors (Lipinski definition) is 3. The number of non-ortho nitro benzene ring substituents is 1. The molecule has 1 saturated carbocycles. The van der Waals surface area contributed by atoms with Crippen molar-refractivity contribution in [3.8, 4) is 0 Å². The summed E-state index contributed by atoms with van der Waals surface area (Å²) in [6.07, 6.45) is 4.32. The average molecular weight is 246 g/mol. The second-order valence-corrected chi connectivity index (χ2v) is 4.70. The summed E-state index contributed by atoms with van der Waals surface area (Å²) in [4.78, 5) is 10.7. The first-order chi connectivity index (χ1) is 8.75. The Morgan fingerprint density at radius 3 is 2.94 bits per heavy atom. The third kappa shape index (κ3) is 2.09. The van der Waals surface area contributed by atoms with Gasteiger partial charge in [0.1, 0.15) is 12.2 Å². The van der Waals surface area contributed by atoms with Gasteiger partial charge in [-0.3, -0.25) is 10.1 Å². The van der Waals surface area contributed by atoms with Crippen molar-refractivity contribution in [3.63, 3.8) is 0 Å². The van der Waals surface area contributed by atoms with Crippen LogP contribution in [0.5, 0.6) is 0 Å². The molecule has 0 spiro atoms. The predicted octanol–water partition coefficient (Wildman–Crippen LogP) is 2.93. The SMILES string of the molecule is O=[N+]([O-])c1cccc2ccn(COCC3CC3)c12. The Balaban J connectivity index is 1.87. The van der Waals surface area contributed by atoms with Crippen molar-refractivity contribution in [2.75, 3.05) is 6.61 Å². The van der Waals surface area contributed by atoms with Gasteiger partial charge in [-0.2, -0.15) is 0 Å². The van der Waals surface area contributed by atoms with E-state index in [1.165, 1.54) is 18.9 Å². The minimum absolute atomic E-state index is 0.132. The van der Waals surface area contributed by atoms with Gasteiger partial charge in [0.2, 0.25) is 0 Å². The van der Waals surface area contributed by atoms with E-state index in [2.05, 4.69) is 0 Å². The average Bonchev–Trinajstić information content (AvgIpc) is 3.09. The van der Waals surface area contributed by atoms with Gasteiger partial charge in [0.05, 0.1) is 11.5 Å². The van der Waals surface area contributed by atoms with Gasteiger partial charge >= 0.3 is 0 Å². The fourth-order valence-corrected chi connectivity index (χ4v) is 2.10. The molecule has 0 aliphatic heterocycles. The van der Waals surface area contributed by atoms with Crippen LogP contribution in [0.2, 0.25) is 0 Å². The van der Waals surface area contributed by atoms with Crippen LogP contribution in [0, 0.1) is 16.0 Å². The first-order valence-corrected chi connectivity index (χ1v) is 6.05. The fourth-order valence-electron chi connectivity index (χ4n) is 2.10. The topological polar surface area (TPSA) is 57.3 Å². The van der Waals surface area contributed by atoms with Crippen molar-refractivity contribution >= 4 is 16.6 Å². The van der Waals surface area contributed by atoms with E-state index in [-0.39, 0.29) is 10.6 Å². The van der Waals surface area contributed by atoms with Crippen LogP contribution in [0.4, 0.5) is 5.69 Å². The molecule has 0 saturated heterocycles. The number of rotatable bonds is 5. The quantitative estimate of drug-likeness (QED) is 0.602. The van der Waals surface area contributed by atoms with Crippen molar-refractivity contribution in [1.82, 2.24) is 4.57 Å². The molecule has 0 radical (unpaired) electrons. The van der Waals surface area contributed by atoms with E-state index >= 15 is 0 Å². The minimum atomic E-state index is -0.347. The largest absolute Gasteiger partial charge is 0.360 e. The summed E-state index contributed by atoms with van der Waals surface area (Å²) in [5, 5.41) is 11.9. The molecule has 0 N–H and O–H groups in total. The molecular formula is C13H14N2O3. The zero-order chi connectivity index (χ0) is 12.5. The van der Waals surface area contributed by atoms with Crippen molar-refractivity contribution in [3.05, 3.63) is 40.6 Å². The van der Waals surface area contributed by atoms with Gasteiger partial charge in [-0.05, 0) is 24.8 Å². The minimum Gasteiger partial charge on any atom is -0.360 e. The molecule has 1 heterocycles. The number of fused-ring (bicyclic) bond motifs is 1. The number of nitrogens with zero attached hydrogens (tertiary/aromatic N) is 2. The molecule has 3 rings (SSSR count). The zero-order valence-corrected chi connectivity index (χ0v) is 9.91. The van der Waals surface area contributed by atoms with Gasteiger partial charge < -0.3 is 9.30 Å². The predicted molar refractivity (Wildman–Crippen MR) is 67.3 cm³/mol. The Labute approximate surface area is 104 Å². The summed E-state index contributed by atoms with van der Waals surface area (Å²) < 4.78 is 7.39. The lowest BCUT2D eigenvalue weighted by molar-refractivity contribution is -0.383. The van der Waals surface area contributed by atoms with Crippen LogP contribution in [0.3, 0.4) is 0 Å². The molecule has 1 fully saturated rings. The van der Waals surface area contributed by atoms with Crippen LogP contribution in [-0.4, -0.2) is 16.1 Å². The second kappa shape index (κ2) is 4.42. The number of benzene rings is 1. The Morgan fingerprint density at radius 1 is 1.39 bits per heavy atom. The summed E-state index contributed by atoms with van der Waals surface area (Å²) >= 11 is 0. The van der Waals surface area contributed by atoms with E-state index in [1.807, 2.05) is 18.3 Å². The molecule has 1 aliphatic rings. The zero-order valence-electron chi connectivity index (χ0n) is 9.91. The lowest BCUT2D eigenvalue weighted by atomic mass is 10.2. The first-order valence-electron chi connectivity index (χ1n) is 6.05. The number of para-hydroxylation sites is 1. The molecular weight excluding hydrogens is 232 g/mol. The molecule has 1 aromatic carbocycles. The number of nitro groups is 1. The van der Waals surface area contributed by atoms with Gasteiger partial charge in [-0.1, -0.05) is 12.1 Å². The Hall–Kier alpha value is -1.88. The summed E-state index contributed by atoms with van der Waals surface area (Å²) in [6.45, 7) is 1.13. The highest BCUT2D eigenvalue weighted by molar-refractivity contribution is 5.88. The molecule has 5 heteroatoms. The molecule has 94 valence electrons. The summed E-state index contributed by atoms with van der Waals surface area (Å²) in [7, 11) is 0. The van der Waals surface area contributed by atoms with E-state index in [0.29, 0.717) is 18.2 Å². The molecule has 1 aromatic heterocycles. The highest BCUT2D eigenvalue weighted by Crippen LogP contribution is 2.30. The number of hydrogen-bond donors (Lipinski definition) is 0. The maximum absolute atomic E-state index is 11.0. The monoisotopic (exact) mass is 246 g/mol. The normalized spacial score (nSPS) is 15.1. The van der Waals surface area contributed by atoms with Crippen molar-refractivity contribution in [1.29, 1.82) is 0 Å². The molecule has 0 amide bonds. The first kappa shape index (κ1) is 11.2. The maximum atomic E-state index is 11.0. The molecule has 1 aliphatic carbocycles. The third-order valence-corrected chi connectivity index (χ3v) is 3.24. The van der Waals surface area contributed by atoms with Crippen molar-refractivity contribution in [2.24, 2.45) is 5.92 Å². The van der Waals surface area contributed by atoms with Gasteiger partial charge in [0.25, 0.3) is 5.69 Å². The van der Waals surface area contributed by atoms with Crippen LogP contribution in [0.15, 0.2) is 30.5 Å². The van der Waals surface area contributed by atoms with Gasteiger partial charge in [0.15, 0.2) is 0 Å². The third-order valence-electron chi connectivity index (χ3n) is 3.24. The van der Waals surface area contributed by atoms with Crippen molar-refractivity contribution in [2.45, 2.75) is 19.6 Å². The molecule has 18 heavy (non-hydrogen) atoms. The summed E-state index contributed by atoms with van der Waals surface area (Å²) in [5.74, 6) is 0.696. The number of aromatic nitrogens is 1. The molecule has 0 bridgehead atoms. The number of ether oxygens (including phenoxy) is 1. The summed E-state index contributed by atoms with van der Waals surface area (Å²) in [6, 6.07) is 6.98. The second-order valence-electron chi connectivity index (χ2n) is 4.70. The highest BCUT2D eigenvalue weighted by atomic mass is 16.6.